The Bertz CT molecular complexity index is 543. The molecule has 0 saturated heterocycles. The molecule has 0 aliphatic rings. The third kappa shape index (κ3) is 3.67. The maximum absolute atomic E-state index is 13.4. The van der Waals surface area contributed by atoms with Crippen LogP contribution in [-0.4, -0.2) is 32.7 Å². The van der Waals surface area contributed by atoms with Crippen molar-refractivity contribution >= 4 is 27.2 Å². The molecule has 0 aliphatic carbocycles. The lowest BCUT2D eigenvalue weighted by atomic mass is 10.3. The van der Waals surface area contributed by atoms with E-state index in [-0.39, 0.29) is 4.90 Å². The van der Waals surface area contributed by atoms with Crippen LogP contribution in [0.2, 0.25) is 0 Å². The first-order valence-corrected chi connectivity index (χ1v) is 6.55. The van der Waals surface area contributed by atoms with Crippen LogP contribution in [0.3, 0.4) is 0 Å². The van der Waals surface area contributed by atoms with Crippen molar-refractivity contribution in [3.8, 4) is 0 Å². The maximum atomic E-state index is 13.4. The van der Waals surface area contributed by atoms with Crippen molar-refractivity contribution in [1.82, 2.24) is 4.90 Å². The van der Waals surface area contributed by atoms with E-state index >= 15 is 0 Å². The number of carbonyl (C=O) groups excluding carboxylic acids is 1. The molecule has 0 aromatic heterocycles. The fraction of sp³-hybridized carbons (Fsp3) is 0.222. The standard InChI is InChI=1S/C9H9F2NO3S2/c1-12(2)9(13)16-8-4-3-6(5-7(8)10)17(11,14)15/h3-5H,1-2H3. The van der Waals surface area contributed by atoms with Crippen molar-refractivity contribution in [3.63, 3.8) is 0 Å². The molecule has 0 heterocycles. The lowest BCUT2D eigenvalue weighted by molar-refractivity contribution is 0.241. The minimum absolute atomic E-state index is 0.0592. The summed E-state index contributed by atoms with van der Waals surface area (Å²) >= 11 is 0.592. The van der Waals surface area contributed by atoms with Gasteiger partial charge in [-0.3, -0.25) is 4.79 Å². The van der Waals surface area contributed by atoms with Crippen LogP contribution in [0.15, 0.2) is 28.0 Å². The van der Waals surface area contributed by atoms with Gasteiger partial charge in [0, 0.05) is 14.1 Å². The van der Waals surface area contributed by atoms with E-state index in [1.54, 1.807) is 0 Å². The summed E-state index contributed by atoms with van der Waals surface area (Å²) in [6.07, 6.45) is 0. The summed E-state index contributed by atoms with van der Waals surface area (Å²) in [6.45, 7) is 0. The Labute approximate surface area is 102 Å². The number of hydrogen-bond acceptors (Lipinski definition) is 4. The van der Waals surface area contributed by atoms with Gasteiger partial charge in [-0.05, 0) is 30.0 Å². The van der Waals surface area contributed by atoms with Crippen molar-refractivity contribution in [2.24, 2.45) is 0 Å². The maximum Gasteiger partial charge on any atom is 0.332 e. The van der Waals surface area contributed by atoms with E-state index in [1.807, 2.05) is 0 Å². The van der Waals surface area contributed by atoms with E-state index < -0.39 is 26.2 Å². The van der Waals surface area contributed by atoms with Gasteiger partial charge in [0.1, 0.15) is 10.7 Å². The summed E-state index contributed by atoms with van der Waals surface area (Å²) in [5, 5.41) is -0.417. The van der Waals surface area contributed by atoms with Gasteiger partial charge < -0.3 is 4.90 Å². The Balaban J connectivity index is 3.03. The molecule has 4 nitrogen and oxygen atoms in total. The first-order valence-electron chi connectivity index (χ1n) is 4.35. The minimum atomic E-state index is -4.93. The van der Waals surface area contributed by atoms with Gasteiger partial charge in [-0.2, -0.15) is 8.42 Å². The van der Waals surface area contributed by atoms with Crippen LogP contribution in [0.1, 0.15) is 0 Å². The highest BCUT2D eigenvalue weighted by molar-refractivity contribution is 8.13. The SMILES string of the molecule is CN(C)C(=O)Sc1ccc(S(=O)(=O)F)cc1F. The van der Waals surface area contributed by atoms with Crippen molar-refractivity contribution in [3.05, 3.63) is 24.0 Å². The molecular formula is C9H9F2NO3S2. The van der Waals surface area contributed by atoms with E-state index in [9.17, 15) is 21.5 Å². The molecule has 0 radical (unpaired) electrons. The fourth-order valence-electron chi connectivity index (χ4n) is 0.901. The van der Waals surface area contributed by atoms with Gasteiger partial charge in [-0.1, -0.05) is 0 Å². The van der Waals surface area contributed by atoms with E-state index in [0.29, 0.717) is 17.8 Å². The van der Waals surface area contributed by atoms with Crippen molar-refractivity contribution < 1.29 is 21.5 Å². The van der Waals surface area contributed by atoms with Crippen molar-refractivity contribution in [2.75, 3.05) is 14.1 Å². The molecule has 0 aliphatic heterocycles. The normalized spacial score (nSPS) is 11.3. The molecule has 8 heteroatoms. The summed E-state index contributed by atoms with van der Waals surface area (Å²) < 4.78 is 47.0. The highest BCUT2D eigenvalue weighted by Crippen LogP contribution is 2.26. The largest absolute Gasteiger partial charge is 0.339 e. The second-order valence-electron chi connectivity index (χ2n) is 3.29. The molecule has 17 heavy (non-hydrogen) atoms. The second-order valence-corrected chi connectivity index (χ2v) is 5.63. The molecule has 0 fully saturated rings. The average Bonchev–Trinajstić information content (AvgIpc) is 2.19. The number of benzene rings is 1. The van der Waals surface area contributed by atoms with E-state index in [0.717, 1.165) is 12.1 Å². The van der Waals surface area contributed by atoms with E-state index in [1.165, 1.54) is 19.0 Å². The minimum Gasteiger partial charge on any atom is -0.339 e. The van der Waals surface area contributed by atoms with E-state index in [2.05, 4.69) is 0 Å². The van der Waals surface area contributed by atoms with Gasteiger partial charge >= 0.3 is 10.2 Å². The molecule has 0 saturated carbocycles. The Kier molecular flexibility index (Phi) is 4.10. The summed E-state index contributed by atoms with van der Waals surface area (Å²) in [5.41, 5.74) is 0. The van der Waals surface area contributed by atoms with Crippen molar-refractivity contribution in [2.45, 2.75) is 9.79 Å². The topological polar surface area (TPSA) is 54.5 Å². The van der Waals surface area contributed by atoms with Crippen molar-refractivity contribution in [1.29, 1.82) is 0 Å². The molecule has 0 bridgehead atoms. The summed E-state index contributed by atoms with van der Waals surface area (Å²) in [5.74, 6) is -0.955. The molecule has 94 valence electrons. The van der Waals surface area contributed by atoms with E-state index in [4.69, 9.17) is 0 Å². The zero-order valence-corrected chi connectivity index (χ0v) is 10.6. The first kappa shape index (κ1) is 13.9. The molecular weight excluding hydrogens is 272 g/mol. The van der Waals surface area contributed by atoms with Gasteiger partial charge in [0.2, 0.25) is 0 Å². The molecule has 0 spiro atoms. The van der Waals surface area contributed by atoms with Gasteiger partial charge in [-0.25, -0.2) is 4.39 Å². The zero-order valence-electron chi connectivity index (χ0n) is 8.98. The summed E-state index contributed by atoms with van der Waals surface area (Å²) in [7, 11) is -1.94. The Morgan fingerprint density at radius 1 is 1.35 bits per heavy atom. The number of thioether (sulfide) groups is 1. The van der Waals surface area contributed by atoms with Crippen LogP contribution in [0, 0.1) is 5.82 Å². The monoisotopic (exact) mass is 281 g/mol. The number of nitrogens with zero attached hydrogens (tertiary/aromatic N) is 1. The smallest absolute Gasteiger partial charge is 0.332 e. The molecule has 1 amide bonds. The quantitative estimate of drug-likeness (QED) is 0.616. The van der Waals surface area contributed by atoms with Crippen LogP contribution in [0.4, 0.5) is 13.1 Å². The Hall–Kier alpha value is -1.15. The predicted octanol–water partition coefficient (Wildman–Crippen LogP) is 2.26. The third-order valence-corrected chi connectivity index (χ3v) is 3.66. The van der Waals surface area contributed by atoms with Crippen LogP contribution in [-0.2, 0) is 10.2 Å². The van der Waals surface area contributed by atoms with Crippen LogP contribution in [0.5, 0.6) is 0 Å². The number of rotatable bonds is 2. The second kappa shape index (κ2) is 5.01. The highest BCUT2D eigenvalue weighted by atomic mass is 32.3. The van der Waals surface area contributed by atoms with Gasteiger partial charge in [0.25, 0.3) is 5.24 Å². The van der Waals surface area contributed by atoms with Gasteiger partial charge in [0.15, 0.2) is 0 Å². The molecule has 1 aromatic carbocycles. The third-order valence-electron chi connectivity index (χ3n) is 1.75. The van der Waals surface area contributed by atoms with Gasteiger partial charge in [-0.15, -0.1) is 3.89 Å². The Morgan fingerprint density at radius 3 is 2.35 bits per heavy atom. The number of hydrogen-bond donors (Lipinski definition) is 0. The molecule has 1 rings (SSSR count). The predicted molar refractivity (Wildman–Crippen MR) is 59.6 cm³/mol. The number of carbonyl (C=O) groups is 1. The fourth-order valence-corrected chi connectivity index (χ4v) is 2.04. The summed E-state index contributed by atoms with van der Waals surface area (Å²) in [6, 6.07) is 2.50. The number of halogens is 2. The lowest BCUT2D eigenvalue weighted by Gasteiger charge is -2.09. The zero-order chi connectivity index (χ0) is 13.2. The lowest BCUT2D eigenvalue weighted by Crippen LogP contribution is -2.16. The van der Waals surface area contributed by atoms with Crippen LogP contribution >= 0.6 is 11.8 Å². The highest BCUT2D eigenvalue weighted by Gasteiger charge is 2.17. The molecule has 0 N–H and O–H groups in total. The average molecular weight is 281 g/mol. The van der Waals surface area contributed by atoms with Gasteiger partial charge in [0.05, 0.1) is 4.90 Å². The van der Waals surface area contributed by atoms with Crippen LogP contribution < -0.4 is 0 Å². The first-order chi connectivity index (χ1) is 7.71. The molecule has 1 aromatic rings. The summed E-state index contributed by atoms with van der Waals surface area (Å²) in [4.78, 5) is 11.7. The Morgan fingerprint density at radius 2 is 1.94 bits per heavy atom. The number of amides is 1. The molecule has 0 atom stereocenters. The van der Waals surface area contributed by atoms with Crippen LogP contribution in [0.25, 0.3) is 0 Å². The molecule has 0 unspecified atom stereocenters.